The van der Waals surface area contributed by atoms with Crippen LogP contribution in [0.4, 0.5) is 26.3 Å². The summed E-state index contributed by atoms with van der Waals surface area (Å²) in [6.07, 6.45) is -4.93. The topological polar surface area (TPSA) is 45.1 Å². The second kappa shape index (κ2) is 9.75. The average molecular weight is 422 g/mol. The number of para-hydroxylation sites is 1. The molecule has 29 heavy (non-hydrogen) atoms. The number of nitrogens with one attached hydrogen (secondary N) is 1. The van der Waals surface area contributed by atoms with Crippen molar-refractivity contribution in [1.29, 1.82) is 0 Å². The average Bonchev–Trinajstić information content (AvgIpc) is 2.65. The standard InChI is InChI=1S/C20H24F6N2O/c1-2-3-4-5-6-10-27-16(12-29)14-11-17(20(24,25)26)28-18-13(14)8-7-9-15(18)19(21,22)23/h7-9,11,16,27,29H,2-6,10,12H2,1H3/t16-/m1/s1. The predicted molar refractivity (Wildman–Crippen MR) is 98.3 cm³/mol. The highest BCUT2D eigenvalue weighted by Crippen LogP contribution is 2.38. The fraction of sp³-hybridized carbons (Fsp3) is 0.550. The van der Waals surface area contributed by atoms with E-state index in [0.29, 0.717) is 18.7 Å². The normalized spacial score (nSPS) is 13.8. The predicted octanol–water partition coefficient (Wildman–Crippen LogP) is 5.87. The first kappa shape index (κ1) is 23.4. The quantitative estimate of drug-likeness (QED) is 0.393. The summed E-state index contributed by atoms with van der Waals surface area (Å²) in [6.45, 7) is 1.95. The number of unbranched alkanes of at least 4 members (excludes halogenated alkanes) is 4. The molecule has 1 heterocycles. The Balaban J connectivity index is 2.44. The van der Waals surface area contributed by atoms with Gasteiger partial charge in [-0.25, -0.2) is 4.98 Å². The molecule has 0 saturated carbocycles. The summed E-state index contributed by atoms with van der Waals surface area (Å²) in [4.78, 5) is 3.27. The van der Waals surface area contributed by atoms with Crippen molar-refractivity contribution in [3.05, 3.63) is 41.1 Å². The summed E-state index contributed by atoms with van der Waals surface area (Å²) in [5.41, 5.74) is -3.48. The van der Waals surface area contributed by atoms with E-state index in [2.05, 4.69) is 17.2 Å². The van der Waals surface area contributed by atoms with Gasteiger partial charge in [0.1, 0.15) is 5.69 Å². The second-order valence-electron chi connectivity index (χ2n) is 6.90. The molecule has 1 aromatic carbocycles. The third-order valence-corrected chi connectivity index (χ3v) is 4.70. The van der Waals surface area contributed by atoms with Crippen LogP contribution in [0, 0.1) is 0 Å². The fourth-order valence-electron chi connectivity index (χ4n) is 3.21. The molecule has 0 unspecified atom stereocenters. The Kier molecular flexibility index (Phi) is 7.87. The van der Waals surface area contributed by atoms with Crippen molar-refractivity contribution in [2.24, 2.45) is 0 Å². The maximum absolute atomic E-state index is 13.3. The van der Waals surface area contributed by atoms with Gasteiger partial charge in [0.2, 0.25) is 0 Å². The molecule has 0 amide bonds. The fourth-order valence-corrected chi connectivity index (χ4v) is 3.21. The van der Waals surface area contributed by atoms with Crippen LogP contribution in [-0.4, -0.2) is 23.2 Å². The number of hydrogen-bond donors (Lipinski definition) is 2. The SMILES string of the molecule is CCCCCCCN[C@H](CO)c1cc(C(F)(F)F)nc2c(C(F)(F)F)cccc12. The third kappa shape index (κ3) is 6.05. The van der Waals surface area contributed by atoms with Gasteiger partial charge in [0.25, 0.3) is 0 Å². The lowest BCUT2D eigenvalue weighted by atomic mass is 9.98. The maximum Gasteiger partial charge on any atom is 0.433 e. The van der Waals surface area contributed by atoms with E-state index in [9.17, 15) is 31.4 Å². The van der Waals surface area contributed by atoms with E-state index in [0.717, 1.165) is 38.2 Å². The molecule has 2 rings (SSSR count). The van der Waals surface area contributed by atoms with Gasteiger partial charge in [0, 0.05) is 5.39 Å². The van der Waals surface area contributed by atoms with Gasteiger partial charge in [-0.3, -0.25) is 0 Å². The maximum atomic E-state index is 13.3. The summed E-state index contributed by atoms with van der Waals surface area (Å²) in [5.74, 6) is 0. The third-order valence-electron chi connectivity index (χ3n) is 4.70. The number of rotatable bonds is 9. The summed E-state index contributed by atoms with van der Waals surface area (Å²) >= 11 is 0. The zero-order valence-corrected chi connectivity index (χ0v) is 16.0. The number of benzene rings is 1. The van der Waals surface area contributed by atoms with E-state index in [-0.39, 0.29) is 10.9 Å². The number of pyridine rings is 1. The first-order valence-corrected chi connectivity index (χ1v) is 9.51. The lowest BCUT2D eigenvalue weighted by molar-refractivity contribution is -0.142. The Morgan fingerprint density at radius 2 is 1.69 bits per heavy atom. The summed E-state index contributed by atoms with van der Waals surface area (Å²) in [6, 6.07) is 2.90. The molecule has 9 heteroatoms. The Bertz CT molecular complexity index is 804. The van der Waals surface area contributed by atoms with E-state index in [1.54, 1.807) is 0 Å². The minimum atomic E-state index is -4.91. The Labute approximate surface area is 165 Å². The number of aliphatic hydroxyl groups is 1. The molecule has 2 N–H and O–H groups in total. The van der Waals surface area contributed by atoms with Crippen LogP contribution in [0.3, 0.4) is 0 Å². The number of aromatic nitrogens is 1. The molecule has 0 radical (unpaired) electrons. The van der Waals surface area contributed by atoms with Crippen LogP contribution in [0.1, 0.15) is 61.9 Å². The van der Waals surface area contributed by atoms with Crippen LogP contribution >= 0.6 is 0 Å². The molecule has 0 aliphatic heterocycles. The largest absolute Gasteiger partial charge is 0.433 e. The zero-order valence-electron chi connectivity index (χ0n) is 16.0. The monoisotopic (exact) mass is 422 g/mol. The van der Waals surface area contributed by atoms with Gasteiger partial charge < -0.3 is 10.4 Å². The molecule has 2 aromatic rings. The van der Waals surface area contributed by atoms with Gasteiger partial charge in [-0.1, -0.05) is 44.7 Å². The number of halogens is 6. The number of nitrogens with zero attached hydrogens (tertiary/aromatic N) is 1. The van der Waals surface area contributed by atoms with Crippen LogP contribution in [0.15, 0.2) is 24.3 Å². The lowest BCUT2D eigenvalue weighted by Gasteiger charge is -2.21. The second-order valence-corrected chi connectivity index (χ2v) is 6.90. The number of aliphatic hydroxyl groups excluding tert-OH is 1. The minimum absolute atomic E-state index is 0.0514. The van der Waals surface area contributed by atoms with Crippen molar-refractivity contribution < 1.29 is 31.4 Å². The molecule has 0 aliphatic carbocycles. The lowest BCUT2D eigenvalue weighted by Crippen LogP contribution is -2.26. The van der Waals surface area contributed by atoms with Crippen LogP contribution in [0.25, 0.3) is 10.9 Å². The van der Waals surface area contributed by atoms with Crippen molar-refractivity contribution in [2.45, 2.75) is 57.4 Å². The van der Waals surface area contributed by atoms with Crippen molar-refractivity contribution in [1.82, 2.24) is 10.3 Å². The summed E-state index contributed by atoms with van der Waals surface area (Å²) in [7, 11) is 0. The van der Waals surface area contributed by atoms with Crippen molar-refractivity contribution >= 4 is 10.9 Å². The highest BCUT2D eigenvalue weighted by Gasteiger charge is 2.38. The van der Waals surface area contributed by atoms with E-state index in [1.165, 1.54) is 6.07 Å². The molecule has 0 aliphatic rings. The number of fused-ring (bicyclic) bond motifs is 1. The molecule has 0 fully saturated rings. The van der Waals surface area contributed by atoms with Crippen LogP contribution in [0.5, 0.6) is 0 Å². The molecule has 0 spiro atoms. The van der Waals surface area contributed by atoms with E-state index >= 15 is 0 Å². The van der Waals surface area contributed by atoms with E-state index < -0.39 is 41.8 Å². The molecule has 3 nitrogen and oxygen atoms in total. The Morgan fingerprint density at radius 1 is 1.00 bits per heavy atom. The molecule has 162 valence electrons. The van der Waals surface area contributed by atoms with Gasteiger partial charge in [0.05, 0.1) is 23.7 Å². The highest BCUT2D eigenvalue weighted by molar-refractivity contribution is 5.86. The van der Waals surface area contributed by atoms with Crippen molar-refractivity contribution in [3.8, 4) is 0 Å². The van der Waals surface area contributed by atoms with Gasteiger partial charge >= 0.3 is 12.4 Å². The number of alkyl halides is 6. The minimum Gasteiger partial charge on any atom is -0.394 e. The smallest absolute Gasteiger partial charge is 0.394 e. The van der Waals surface area contributed by atoms with Gasteiger partial charge in [-0.05, 0) is 30.7 Å². The molecule has 1 aromatic heterocycles. The van der Waals surface area contributed by atoms with Gasteiger partial charge in [0.15, 0.2) is 0 Å². The highest BCUT2D eigenvalue weighted by atomic mass is 19.4. The molecular weight excluding hydrogens is 398 g/mol. The Hall–Kier alpha value is -1.87. The number of hydrogen-bond acceptors (Lipinski definition) is 3. The van der Waals surface area contributed by atoms with E-state index in [4.69, 9.17) is 0 Å². The van der Waals surface area contributed by atoms with Crippen LogP contribution in [0.2, 0.25) is 0 Å². The molecule has 0 bridgehead atoms. The first-order chi connectivity index (χ1) is 13.6. The first-order valence-electron chi connectivity index (χ1n) is 9.51. The Morgan fingerprint density at radius 3 is 2.28 bits per heavy atom. The van der Waals surface area contributed by atoms with Crippen LogP contribution < -0.4 is 5.32 Å². The van der Waals surface area contributed by atoms with Crippen molar-refractivity contribution in [3.63, 3.8) is 0 Å². The van der Waals surface area contributed by atoms with Gasteiger partial charge in [-0.15, -0.1) is 0 Å². The van der Waals surface area contributed by atoms with Crippen LogP contribution in [-0.2, 0) is 12.4 Å². The molecular formula is C20H24F6N2O. The summed E-state index contributed by atoms with van der Waals surface area (Å²) in [5, 5.41) is 12.6. The van der Waals surface area contributed by atoms with Gasteiger partial charge in [-0.2, -0.15) is 26.3 Å². The summed E-state index contributed by atoms with van der Waals surface area (Å²) < 4.78 is 79.8. The van der Waals surface area contributed by atoms with E-state index in [1.807, 2.05) is 0 Å². The molecule has 0 saturated heterocycles. The molecule has 1 atom stereocenters. The van der Waals surface area contributed by atoms with Crippen molar-refractivity contribution in [2.75, 3.05) is 13.2 Å². The zero-order chi connectivity index (χ0) is 21.7.